The third-order valence-corrected chi connectivity index (χ3v) is 3.58. The van der Waals surface area contributed by atoms with Crippen LogP contribution >= 0.6 is 11.3 Å². The van der Waals surface area contributed by atoms with Gasteiger partial charge in [-0.3, -0.25) is 0 Å². The zero-order chi connectivity index (χ0) is 12.5. The summed E-state index contributed by atoms with van der Waals surface area (Å²) in [6, 6.07) is 5.88. The van der Waals surface area contributed by atoms with Gasteiger partial charge in [0, 0.05) is 30.9 Å². The normalized spacial score (nSPS) is 11.2. The highest BCUT2D eigenvalue weighted by Crippen LogP contribution is 2.26. The van der Waals surface area contributed by atoms with Crippen LogP contribution in [0.15, 0.2) is 28.0 Å². The quantitative estimate of drug-likeness (QED) is 0.786. The Bertz CT molecular complexity index is 687. The SMILES string of the molecule is Cc1nc2ccc(-c3csc(CCO)n3)cc2o1. The lowest BCUT2D eigenvalue weighted by molar-refractivity contribution is 0.299. The Morgan fingerprint density at radius 1 is 1.33 bits per heavy atom. The number of aryl methyl sites for hydroxylation is 1. The molecule has 18 heavy (non-hydrogen) atoms. The van der Waals surface area contributed by atoms with E-state index in [2.05, 4.69) is 9.97 Å². The third kappa shape index (κ3) is 2.02. The largest absolute Gasteiger partial charge is 0.441 e. The molecule has 1 N–H and O–H groups in total. The van der Waals surface area contributed by atoms with Crippen molar-refractivity contribution in [2.24, 2.45) is 0 Å². The average molecular weight is 260 g/mol. The van der Waals surface area contributed by atoms with Crippen LogP contribution < -0.4 is 0 Å². The van der Waals surface area contributed by atoms with Crippen molar-refractivity contribution in [3.8, 4) is 11.3 Å². The minimum absolute atomic E-state index is 0.132. The molecule has 3 rings (SSSR count). The number of fused-ring (bicyclic) bond motifs is 1. The van der Waals surface area contributed by atoms with E-state index in [0.717, 1.165) is 27.4 Å². The monoisotopic (exact) mass is 260 g/mol. The van der Waals surface area contributed by atoms with Crippen molar-refractivity contribution < 1.29 is 9.52 Å². The van der Waals surface area contributed by atoms with Gasteiger partial charge in [-0.2, -0.15) is 0 Å². The van der Waals surface area contributed by atoms with Gasteiger partial charge in [-0.05, 0) is 12.1 Å². The molecule has 0 spiro atoms. The van der Waals surface area contributed by atoms with Crippen LogP contribution in [0.25, 0.3) is 22.4 Å². The number of hydrogen-bond donors (Lipinski definition) is 1. The topological polar surface area (TPSA) is 59.2 Å². The summed E-state index contributed by atoms with van der Waals surface area (Å²) < 4.78 is 5.51. The molecule has 2 aromatic heterocycles. The predicted octanol–water partition coefficient (Wildman–Crippen LogP) is 2.79. The van der Waals surface area contributed by atoms with Crippen LogP contribution in [0.2, 0.25) is 0 Å². The Hall–Kier alpha value is -1.72. The first-order valence-electron chi connectivity index (χ1n) is 5.69. The van der Waals surface area contributed by atoms with Crippen LogP contribution in [-0.4, -0.2) is 21.7 Å². The minimum Gasteiger partial charge on any atom is -0.441 e. The molecule has 0 aliphatic rings. The van der Waals surface area contributed by atoms with Gasteiger partial charge in [0.05, 0.1) is 10.7 Å². The molecule has 92 valence electrons. The molecule has 0 fully saturated rings. The van der Waals surface area contributed by atoms with Crippen LogP contribution in [0, 0.1) is 6.92 Å². The van der Waals surface area contributed by atoms with Crippen molar-refractivity contribution in [2.75, 3.05) is 6.61 Å². The highest BCUT2D eigenvalue weighted by molar-refractivity contribution is 7.09. The van der Waals surface area contributed by atoms with Gasteiger partial charge in [0.1, 0.15) is 5.52 Å². The van der Waals surface area contributed by atoms with E-state index in [0.29, 0.717) is 12.3 Å². The number of oxazole rings is 1. The molecule has 0 saturated heterocycles. The molecule has 0 bridgehead atoms. The number of rotatable bonds is 3. The maximum Gasteiger partial charge on any atom is 0.192 e. The molecular formula is C13H12N2O2S. The molecule has 5 heteroatoms. The van der Waals surface area contributed by atoms with Gasteiger partial charge >= 0.3 is 0 Å². The van der Waals surface area contributed by atoms with E-state index in [9.17, 15) is 0 Å². The van der Waals surface area contributed by atoms with Crippen LogP contribution in [0.1, 0.15) is 10.9 Å². The van der Waals surface area contributed by atoms with E-state index in [-0.39, 0.29) is 6.61 Å². The molecular weight excluding hydrogens is 248 g/mol. The molecule has 0 aliphatic heterocycles. The van der Waals surface area contributed by atoms with Crippen LogP contribution in [0.5, 0.6) is 0 Å². The summed E-state index contributed by atoms with van der Waals surface area (Å²) in [5.74, 6) is 0.668. The second-order valence-corrected chi connectivity index (χ2v) is 4.96. The zero-order valence-electron chi connectivity index (χ0n) is 9.88. The molecule has 3 aromatic rings. The Morgan fingerprint density at radius 2 is 2.22 bits per heavy atom. The number of aromatic nitrogens is 2. The number of thiazole rings is 1. The Balaban J connectivity index is 2.01. The Labute approximate surface area is 108 Å². The fraction of sp³-hybridized carbons (Fsp3) is 0.231. The molecule has 1 aromatic carbocycles. The predicted molar refractivity (Wildman–Crippen MR) is 70.6 cm³/mol. The van der Waals surface area contributed by atoms with Gasteiger partial charge in [0.15, 0.2) is 11.5 Å². The second kappa shape index (κ2) is 4.51. The van der Waals surface area contributed by atoms with E-state index in [4.69, 9.17) is 9.52 Å². The van der Waals surface area contributed by atoms with E-state index >= 15 is 0 Å². The smallest absolute Gasteiger partial charge is 0.192 e. The highest BCUT2D eigenvalue weighted by atomic mass is 32.1. The standard InChI is InChI=1S/C13H12N2O2S/c1-8-14-10-3-2-9(6-12(10)17-8)11-7-18-13(15-11)4-5-16/h2-3,6-7,16H,4-5H2,1H3. The summed E-state index contributed by atoms with van der Waals surface area (Å²) in [6.07, 6.45) is 0.605. The number of aliphatic hydroxyl groups is 1. The molecule has 0 aliphatic carbocycles. The Kier molecular flexibility index (Phi) is 2.85. The third-order valence-electron chi connectivity index (χ3n) is 2.67. The molecule has 2 heterocycles. The molecule has 0 saturated carbocycles. The number of benzene rings is 1. The summed E-state index contributed by atoms with van der Waals surface area (Å²) >= 11 is 1.56. The summed E-state index contributed by atoms with van der Waals surface area (Å²) in [5.41, 5.74) is 3.57. The maximum absolute atomic E-state index is 8.89. The first-order valence-corrected chi connectivity index (χ1v) is 6.57. The first kappa shape index (κ1) is 11.4. The molecule has 0 atom stereocenters. The van der Waals surface area contributed by atoms with Gasteiger partial charge in [-0.25, -0.2) is 9.97 Å². The van der Waals surface area contributed by atoms with E-state index < -0.39 is 0 Å². The number of aliphatic hydroxyl groups excluding tert-OH is 1. The average Bonchev–Trinajstić information content (AvgIpc) is 2.93. The maximum atomic E-state index is 8.89. The van der Waals surface area contributed by atoms with Gasteiger partial charge in [0.25, 0.3) is 0 Å². The molecule has 4 nitrogen and oxygen atoms in total. The Morgan fingerprint density at radius 3 is 3.06 bits per heavy atom. The molecule has 0 unspecified atom stereocenters. The van der Waals surface area contributed by atoms with Crippen molar-refractivity contribution in [1.29, 1.82) is 0 Å². The van der Waals surface area contributed by atoms with Crippen molar-refractivity contribution >= 4 is 22.4 Å². The number of nitrogens with zero attached hydrogens (tertiary/aromatic N) is 2. The van der Waals surface area contributed by atoms with Crippen molar-refractivity contribution in [1.82, 2.24) is 9.97 Å². The summed E-state index contributed by atoms with van der Waals surface area (Å²) in [5, 5.41) is 11.8. The van der Waals surface area contributed by atoms with Crippen LogP contribution in [0.3, 0.4) is 0 Å². The van der Waals surface area contributed by atoms with Crippen molar-refractivity contribution in [2.45, 2.75) is 13.3 Å². The summed E-state index contributed by atoms with van der Waals surface area (Å²) in [7, 11) is 0. The summed E-state index contributed by atoms with van der Waals surface area (Å²) in [4.78, 5) is 8.75. The zero-order valence-corrected chi connectivity index (χ0v) is 10.7. The highest BCUT2D eigenvalue weighted by Gasteiger charge is 2.08. The first-order chi connectivity index (χ1) is 8.76. The fourth-order valence-corrected chi connectivity index (χ4v) is 2.65. The second-order valence-electron chi connectivity index (χ2n) is 4.02. The van der Waals surface area contributed by atoms with Crippen molar-refractivity contribution in [3.05, 3.63) is 34.5 Å². The lowest BCUT2D eigenvalue weighted by Gasteiger charge is -1.95. The van der Waals surface area contributed by atoms with Gasteiger partial charge < -0.3 is 9.52 Å². The van der Waals surface area contributed by atoms with E-state index in [1.807, 2.05) is 30.5 Å². The molecule has 0 radical (unpaired) electrons. The summed E-state index contributed by atoms with van der Waals surface area (Å²) in [6.45, 7) is 1.97. The fourth-order valence-electron chi connectivity index (χ4n) is 1.85. The van der Waals surface area contributed by atoms with Gasteiger partial charge in [-0.15, -0.1) is 11.3 Å². The van der Waals surface area contributed by atoms with Crippen LogP contribution in [-0.2, 0) is 6.42 Å². The van der Waals surface area contributed by atoms with Gasteiger partial charge in [-0.1, -0.05) is 6.07 Å². The van der Waals surface area contributed by atoms with Crippen molar-refractivity contribution in [3.63, 3.8) is 0 Å². The molecule has 0 amide bonds. The lowest BCUT2D eigenvalue weighted by atomic mass is 10.1. The number of hydrogen-bond acceptors (Lipinski definition) is 5. The van der Waals surface area contributed by atoms with E-state index in [1.165, 1.54) is 0 Å². The minimum atomic E-state index is 0.132. The van der Waals surface area contributed by atoms with E-state index in [1.54, 1.807) is 11.3 Å². The lowest BCUT2D eigenvalue weighted by Crippen LogP contribution is -1.89. The van der Waals surface area contributed by atoms with Crippen LogP contribution in [0.4, 0.5) is 0 Å². The van der Waals surface area contributed by atoms with Gasteiger partial charge in [0.2, 0.25) is 0 Å².